The van der Waals surface area contributed by atoms with Gasteiger partial charge in [0.15, 0.2) is 11.6 Å². The van der Waals surface area contributed by atoms with E-state index in [1.165, 1.54) is 25.1 Å². The van der Waals surface area contributed by atoms with Crippen LogP contribution in [0.4, 0.5) is 16.0 Å². The van der Waals surface area contributed by atoms with Gasteiger partial charge in [0.1, 0.15) is 5.82 Å². The zero-order chi connectivity index (χ0) is 19.5. The van der Waals surface area contributed by atoms with E-state index in [9.17, 15) is 9.18 Å². The van der Waals surface area contributed by atoms with Crippen LogP contribution in [0.1, 0.15) is 30.1 Å². The van der Waals surface area contributed by atoms with Crippen LogP contribution in [0.2, 0.25) is 0 Å². The molecule has 1 amide bonds. The normalized spacial score (nSPS) is 18.4. The molecule has 0 aromatic carbocycles. The Labute approximate surface area is 164 Å². The third kappa shape index (κ3) is 4.05. The first-order valence-corrected chi connectivity index (χ1v) is 9.83. The molecule has 0 saturated carbocycles. The van der Waals surface area contributed by atoms with Gasteiger partial charge in [-0.2, -0.15) is 0 Å². The van der Waals surface area contributed by atoms with Crippen molar-refractivity contribution in [2.75, 3.05) is 49.1 Å². The molecule has 2 aromatic rings. The van der Waals surface area contributed by atoms with E-state index in [2.05, 4.69) is 31.9 Å². The summed E-state index contributed by atoms with van der Waals surface area (Å²) in [7, 11) is 0. The first-order chi connectivity index (χ1) is 13.6. The van der Waals surface area contributed by atoms with Crippen molar-refractivity contribution in [1.82, 2.24) is 20.1 Å². The van der Waals surface area contributed by atoms with E-state index in [1.54, 1.807) is 4.90 Å². The minimum absolute atomic E-state index is 0.188. The number of rotatable bonds is 3. The quantitative estimate of drug-likeness (QED) is 0.808. The first-order valence-electron chi connectivity index (χ1n) is 9.83. The molecule has 0 N–H and O–H groups in total. The van der Waals surface area contributed by atoms with Gasteiger partial charge in [-0.1, -0.05) is 6.92 Å². The van der Waals surface area contributed by atoms with Crippen molar-refractivity contribution in [3.05, 3.63) is 42.0 Å². The van der Waals surface area contributed by atoms with Crippen molar-refractivity contribution in [3.8, 4) is 0 Å². The third-order valence-corrected chi connectivity index (χ3v) is 5.59. The number of piperazine rings is 1. The molecule has 2 saturated heterocycles. The molecule has 0 bridgehead atoms. The Kier molecular flexibility index (Phi) is 5.36. The van der Waals surface area contributed by atoms with Gasteiger partial charge in [0.2, 0.25) is 0 Å². The van der Waals surface area contributed by atoms with Crippen LogP contribution in [0, 0.1) is 11.7 Å². The van der Waals surface area contributed by atoms with Gasteiger partial charge in [-0.25, -0.2) is 4.39 Å². The highest BCUT2D eigenvalue weighted by molar-refractivity contribution is 5.94. The Morgan fingerprint density at radius 2 is 1.57 bits per heavy atom. The molecule has 0 radical (unpaired) electrons. The molecule has 0 unspecified atom stereocenters. The van der Waals surface area contributed by atoms with Crippen molar-refractivity contribution in [3.63, 3.8) is 0 Å². The van der Waals surface area contributed by atoms with E-state index in [1.807, 2.05) is 12.1 Å². The van der Waals surface area contributed by atoms with Gasteiger partial charge in [0.05, 0.1) is 11.8 Å². The average Bonchev–Trinajstić information content (AvgIpc) is 2.74. The summed E-state index contributed by atoms with van der Waals surface area (Å²) < 4.78 is 13.3. The van der Waals surface area contributed by atoms with Gasteiger partial charge in [0, 0.05) is 45.5 Å². The Hall–Kier alpha value is -2.77. The molecule has 0 atom stereocenters. The number of carbonyl (C=O) groups excluding carboxylic acids is 1. The van der Waals surface area contributed by atoms with Crippen LogP contribution >= 0.6 is 0 Å². The van der Waals surface area contributed by atoms with Crippen molar-refractivity contribution in [2.24, 2.45) is 5.92 Å². The van der Waals surface area contributed by atoms with Crippen LogP contribution in [0.25, 0.3) is 0 Å². The van der Waals surface area contributed by atoms with Crippen LogP contribution < -0.4 is 9.80 Å². The summed E-state index contributed by atoms with van der Waals surface area (Å²) in [6.45, 7) is 6.82. The molecule has 148 valence electrons. The number of halogens is 1. The molecule has 4 heterocycles. The average molecular weight is 384 g/mol. The maximum absolute atomic E-state index is 13.3. The highest BCUT2D eigenvalue weighted by Gasteiger charge is 2.24. The van der Waals surface area contributed by atoms with Gasteiger partial charge < -0.3 is 14.7 Å². The maximum atomic E-state index is 13.3. The summed E-state index contributed by atoms with van der Waals surface area (Å²) in [5.74, 6) is 1.86. The van der Waals surface area contributed by atoms with Crippen molar-refractivity contribution in [2.45, 2.75) is 19.8 Å². The number of pyridine rings is 1. The zero-order valence-corrected chi connectivity index (χ0v) is 16.1. The topological polar surface area (TPSA) is 65.5 Å². The summed E-state index contributed by atoms with van der Waals surface area (Å²) >= 11 is 0. The lowest BCUT2D eigenvalue weighted by molar-refractivity contribution is 0.0745. The Balaban J connectivity index is 1.34. The number of hydrogen-bond acceptors (Lipinski definition) is 6. The number of aromatic nitrogens is 3. The minimum Gasteiger partial charge on any atom is -0.355 e. The van der Waals surface area contributed by atoms with E-state index in [4.69, 9.17) is 0 Å². The van der Waals surface area contributed by atoms with E-state index >= 15 is 0 Å². The lowest BCUT2D eigenvalue weighted by Crippen LogP contribution is -2.49. The van der Waals surface area contributed by atoms with E-state index < -0.39 is 5.82 Å². The Bertz CT molecular complexity index is 814. The predicted molar refractivity (Wildman–Crippen MR) is 105 cm³/mol. The number of amides is 1. The summed E-state index contributed by atoms with van der Waals surface area (Å²) in [5, 5.41) is 8.83. The van der Waals surface area contributed by atoms with Gasteiger partial charge in [-0.05, 0) is 37.0 Å². The molecular formula is C20H25FN6O. The van der Waals surface area contributed by atoms with Crippen molar-refractivity contribution < 1.29 is 9.18 Å². The number of piperidine rings is 1. The monoisotopic (exact) mass is 384 g/mol. The molecule has 2 fully saturated rings. The molecular weight excluding hydrogens is 359 g/mol. The minimum atomic E-state index is -0.497. The molecule has 2 aromatic heterocycles. The van der Waals surface area contributed by atoms with Gasteiger partial charge in [-0.15, -0.1) is 10.2 Å². The lowest BCUT2D eigenvalue weighted by atomic mass is 9.99. The molecule has 2 aliphatic rings. The van der Waals surface area contributed by atoms with E-state index in [0.717, 1.165) is 36.8 Å². The van der Waals surface area contributed by atoms with Crippen molar-refractivity contribution in [1.29, 1.82) is 0 Å². The zero-order valence-electron chi connectivity index (χ0n) is 16.1. The molecule has 8 heteroatoms. The highest BCUT2D eigenvalue weighted by atomic mass is 19.1. The number of nitrogens with zero attached hydrogens (tertiary/aromatic N) is 6. The fourth-order valence-corrected chi connectivity index (χ4v) is 3.74. The number of hydrogen-bond donors (Lipinski definition) is 0. The van der Waals surface area contributed by atoms with Crippen LogP contribution in [0.3, 0.4) is 0 Å². The fraction of sp³-hybridized carbons (Fsp3) is 0.500. The fourth-order valence-electron chi connectivity index (χ4n) is 3.74. The molecule has 7 nitrogen and oxygen atoms in total. The molecule has 0 spiro atoms. The van der Waals surface area contributed by atoms with Crippen LogP contribution in [-0.4, -0.2) is 65.3 Å². The standard InChI is InChI=1S/C20H25FN6O/c1-15-4-6-25(7-5-15)18-2-3-19(24-23-18)26-8-10-27(11-9-26)20(28)16-12-17(21)14-22-13-16/h2-3,12-15H,4-11H2,1H3. The second kappa shape index (κ2) is 8.08. The highest BCUT2D eigenvalue weighted by Crippen LogP contribution is 2.22. The predicted octanol–water partition coefficient (Wildman–Crippen LogP) is 2.21. The summed E-state index contributed by atoms with van der Waals surface area (Å²) in [6.07, 6.45) is 4.89. The van der Waals surface area contributed by atoms with Gasteiger partial charge in [-0.3, -0.25) is 9.78 Å². The molecule has 0 aliphatic carbocycles. The largest absolute Gasteiger partial charge is 0.355 e. The SMILES string of the molecule is CC1CCN(c2ccc(N3CCN(C(=O)c4cncc(F)c4)CC3)nn2)CC1. The van der Waals surface area contributed by atoms with Crippen molar-refractivity contribution >= 4 is 17.5 Å². The number of anilines is 2. The summed E-state index contributed by atoms with van der Waals surface area (Å²) in [6, 6.07) is 5.27. The first kappa shape index (κ1) is 18.6. The molecule has 2 aliphatic heterocycles. The Morgan fingerprint density at radius 3 is 2.14 bits per heavy atom. The summed E-state index contributed by atoms with van der Waals surface area (Å²) in [4.78, 5) is 22.4. The van der Waals surface area contributed by atoms with Crippen LogP contribution in [-0.2, 0) is 0 Å². The van der Waals surface area contributed by atoms with Crippen LogP contribution in [0.5, 0.6) is 0 Å². The maximum Gasteiger partial charge on any atom is 0.255 e. The van der Waals surface area contributed by atoms with Gasteiger partial charge in [0.25, 0.3) is 5.91 Å². The number of carbonyl (C=O) groups is 1. The third-order valence-electron chi connectivity index (χ3n) is 5.59. The van der Waals surface area contributed by atoms with E-state index in [0.29, 0.717) is 26.2 Å². The Morgan fingerprint density at radius 1 is 0.964 bits per heavy atom. The lowest BCUT2D eigenvalue weighted by Gasteiger charge is -2.35. The second-order valence-corrected chi connectivity index (χ2v) is 7.59. The summed E-state index contributed by atoms with van der Waals surface area (Å²) in [5.41, 5.74) is 0.286. The smallest absolute Gasteiger partial charge is 0.255 e. The van der Waals surface area contributed by atoms with Crippen LogP contribution in [0.15, 0.2) is 30.6 Å². The van der Waals surface area contributed by atoms with E-state index in [-0.39, 0.29) is 11.5 Å². The van der Waals surface area contributed by atoms with Gasteiger partial charge >= 0.3 is 0 Å². The molecule has 4 rings (SSSR count). The second-order valence-electron chi connectivity index (χ2n) is 7.59. The molecule has 28 heavy (non-hydrogen) atoms.